The number of hydrogen-bond donors (Lipinski definition) is 0. The lowest BCUT2D eigenvalue weighted by Gasteiger charge is -2.20. The van der Waals surface area contributed by atoms with Gasteiger partial charge in [-0.2, -0.15) is 0 Å². The molecule has 1 heterocycles. The monoisotopic (exact) mass is 445 g/mol. The molecule has 0 atom stereocenters. The number of carbonyl (C=O) groups excluding carboxylic acids is 2. The Balaban J connectivity index is 2.63. The number of fused-ring (bicyclic) bond motifs is 1. The fourth-order valence-corrected chi connectivity index (χ4v) is 3.21. The van der Waals surface area contributed by atoms with E-state index in [1.165, 1.54) is 11.7 Å². The van der Waals surface area contributed by atoms with Gasteiger partial charge in [-0.05, 0) is 48.8 Å². The number of halogens is 2. The third-order valence-corrected chi connectivity index (χ3v) is 4.42. The lowest BCUT2D eigenvalue weighted by molar-refractivity contribution is -0.139. The molecule has 0 spiro atoms. The number of nitrogens with zero attached hydrogens (tertiary/aromatic N) is 1. The zero-order chi connectivity index (χ0) is 17.4. The number of carbonyl (C=O) groups is 2. The van der Waals surface area contributed by atoms with Crippen LogP contribution in [0.25, 0.3) is 10.9 Å². The molecule has 5 nitrogen and oxygen atoms in total. The van der Waals surface area contributed by atoms with Crippen molar-refractivity contribution in [2.75, 3.05) is 7.11 Å². The van der Waals surface area contributed by atoms with E-state index < -0.39 is 11.7 Å². The zero-order valence-corrected chi connectivity index (χ0v) is 16.4. The number of benzene rings is 1. The maximum absolute atomic E-state index is 12.6. The summed E-state index contributed by atoms with van der Waals surface area (Å²) in [5, 5.41) is 0.788. The molecule has 0 N–H and O–H groups in total. The SMILES string of the molecule is COC(=O)Cc1c(Br)n(C(=O)OC(C)(C)C)c2cc(Br)ccc12. The van der Waals surface area contributed by atoms with Crippen LogP contribution >= 0.6 is 31.9 Å². The summed E-state index contributed by atoms with van der Waals surface area (Å²) in [7, 11) is 1.33. The maximum Gasteiger partial charge on any atom is 0.419 e. The van der Waals surface area contributed by atoms with Crippen molar-refractivity contribution >= 4 is 54.8 Å². The van der Waals surface area contributed by atoms with Gasteiger partial charge in [0.2, 0.25) is 0 Å². The quantitative estimate of drug-likeness (QED) is 0.629. The molecule has 0 saturated heterocycles. The second kappa shape index (κ2) is 6.65. The third kappa shape index (κ3) is 3.95. The summed E-state index contributed by atoms with van der Waals surface area (Å²) in [6.45, 7) is 5.40. The molecule has 1 aromatic carbocycles. The highest BCUT2D eigenvalue weighted by molar-refractivity contribution is 9.10. The van der Waals surface area contributed by atoms with Crippen LogP contribution in [-0.4, -0.2) is 29.3 Å². The highest BCUT2D eigenvalue weighted by Gasteiger charge is 2.25. The molecule has 0 radical (unpaired) electrons. The van der Waals surface area contributed by atoms with Gasteiger partial charge in [-0.15, -0.1) is 0 Å². The molecule has 124 valence electrons. The van der Waals surface area contributed by atoms with Crippen LogP contribution in [-0.2, 0) is 20.7 Å². The van der Waals surface area contributed by atoms with Gasteiger partial charge in [0.25, 0.3) is 0 Å². The maximum atomic E-state index is 12.6. The summed E-state index contributed by atoms with van der Waals surface area (Å²) in [6, 6.07) is 5.52. The van der Waals surface area contributed by atoms with Gasteiger partial charge in [-0.1, -0.05) is 22.0 Å². The Bertz CT molecular complexity index is 774. The van der Waals surface area contributed by atoms with Gasteiger partial charge < -0.3 is 9.47 Å². The molecule has 1 aromatic heterocycles. The fourth-order valence-electron chi connectivity index (χ4n) is 2.17. The molecular formula is C16H17Br2NO4. The summed E-state index contributed by atoms with van der Waals surface area (Å²) >= 11 is 6.83. The van der Waals surface area contributed by atoms with Crippen LogP contribution in [0.1, 0.15) is 26.3 Å². The van der Waals surface area contributed by atoms with Gasteiger partial charge in [0.1, 0.15) is 5.60 Å². The van der Waals surface area contributed by atoms with E-state index in [-0.39, 0.29) is 12.4 Å². The van der Waals surface area contributed by atoms with E-state index in [0.717, 1.165) is 9.86 Å². The van der Waals surface area contributed by atoms with Crippen molar-refractivity contribution in [3.8, 4) is 0 Å². The van der Waals surface area contributed by atoms with Crippen molar-refractivity contribution in [1.82, 2.24) is 4.57 Å². The molecule has 23 heavy (non-hydrogen) atoms. The Morgan fingerprint density at radius 1 is 1.22 bits per heavy atom. The molecule has 0 aliphatic rings. The lowest BCUT2D eigenvalue weighted by Crippen LogP contribution is -2.27. The van der Waals surface area contributed by atoms with Crippen LogP contribution in [0.15, 0.2) is 27.3 Å². The standard InChI is InChI=1S/C16H17Br2NO4/c1-16(2,3)23-15(21)19-12-7-9(17)5-6-10(12)11(14(19)18)8-13(20)22-4/h5-7H,8H2,1-4H3. The summed E-state index contributed by atoms with van der Waals surface area (Å²) in [5.41, 5.74) is 0.714. The number of aromatic nitrogens is 1. The number of ether oxygens (including phenoxy) is 2. The van der Waals surface area contributed by atoms with Crippen molar-refractivity contribution in [2.24, 2.45) is 0 Å². The Labute approximate surface area is 151 Å². The summed E-state index contributed by atoms with van der Waals surface area (Å²) in [4.78, 5) is 24.2. The Kier molecular flexibility index (Phi) is 5.20. The van der Waals surface area contributed by atoms with Gasteiger partial charge in [0, 0.05) is 15.4 Å². The average molecular weight is 447 g/mol. The van der Waals surface area contributed by atoms with Crippen molar-refractivity contribution in [3.05, 3.63) is 32.8 Å². The zero-order valence-electron chi connectivity index (χ0n) is 13.3. The minimum atomic E-state index is -0.623. The largest absolute Gasteiger partial charge is 0.469 e. The molecule has 0 aliphatic heterocycles. The first-order valence-electron chi connectivity index (χ1n) is 6.92. The molecule has 0 bridgehead atoms. The van der Waals surface area contributed by atoms with E-state index in [2.05, 4.69) is 31.9 Å². The second-order valence-corrected chi connectivity index (χ2v) is 7.67. The van der Waals surface area contributed by atoms with Crippen LogP contribution in [0.5, 0.6) is 0 Å². The van der Waals surface area contributed by atoms with E-state index in [0.29, 0.717) is 15.7 Å². The van der Waals surface area contributed by atoms with E-state index in [1.54, 1.807) is 20.8 Å². The Hall–Kier alpha value is -1.34. The van der Waals surface area contributed by atoms with E-state index in [9.17, 15) is 9.59 Å². The van der Waals surface area contributed by atoms with Crippen molar-refractivity contribution < 1.29 is 19.1 Å². The minimum Gasteiger partial charge on any atom is -0.469 e. The van der Waals surface area contributed by atoms with Gasteiger partial charge >= 0.3 is 12.1 Å². The molecule has 0 unspecified atom stereocenters. The summed E-state index contributed by atoms with van der Waals surface area (Å²) < 4.78 is 12.9. The first kappa shape index (κ1) is 18.0. The lowest BCUT2D eigenvalue weighted by atomic mass is 10.1. The molecule has 0 amide bonds. The predicted molar refractivity (Wildman–Crippen MR) is 94.7 cm³/mol. The van der Waals surface area contributed by atoms with E-state index >= 15 is 0 Å². The third-order valence-electron chi connectivity index (χ3n) is 3.10. The van der Waals surface area contributed by atoms with Crippen molar-refractivity contribution in [1.29, 1.82) is 0 Å². The minimum absolute atomic E-state index is 0.0605. The average Bonchev–Trinajstić information content (AvgIpc) is 2.68. The first-order chi connectivity index (χ1) is 10.6. The summed E-state index contributed by atoms with van der Waals surface area (Å²) in [5.74, 6) is -0.378. The van der Waals surface area contributed by atoms with Crippen LogP contribution in [0.2, 0.25) is 0 Å². The normalized spacial score (nSPS) is 11.6. The van der Waals surface area contributed by atoms with Crippen LogP contribution in [0.4, 0.5) is 4.79 Å². The molecule has 0 aliphatic carbocycles. The van der Waals surface area contributed by atoms with Crippen LogP contribution < -0.4 is 0 Å². The van der Waals surface area contributed by atoms with E-state index in [4.69, 9.17) is 9.47 Å². The number of methoxy groups -OCH3 is 1. The molecule has 0 saturated carbocycles. The topological polar surface area (TPSA) is 57.5 Å². The smallest absolute Gasteiger partial charge is 0.419 e. The molecule has 2 rings (SSSR count). The molecule has 7 heteroatoms. The Morgan fingerprint density at radius 3 is 2.43 bits per heavy atom. The van der Waals surface area contributed by atoms with Gasteiger partial charge in [0.05, 0.1) is 23.7 Å². The fraction of sp³-hybridized carbons (Fsp3) is 0.375. The molecule has 0 fully saturated rings. The predicted octanol–water partition coefficient (Wildman–Crippen LogP) is 4.67. The Morgan fingerprint density at radius 2 is 1.87 bits per heavy atom. The van der Waals surface area contributed by atoms with Crippen LogP contribution in [0, 0.1) is 0 Å². The van der Waals surface area contributed by atoms with Crippen molar-refractivity contribution in [2.45, 2.75) is 32.8 Å². The van der Waals surface area contributed by atoms with Gasteiger partial charge in [-0.25, -0.2) is 9.36 Å². The second-order valence-electron chi connectivity index (χ2n) is 6.00. The van der Waals surface area contributed by atoms with Gasteiger partial charge in [0.15, 0.2) is 0 Å². The highest BCUT2D eigenvalue weighted by atomic mass is 79.9. The molecule has 2 aromatic rings. The number of esters is 1. The number of hydrogen-bond acceptors (Lipinski definition) is 4. The summed E-state index contributed by atoms with van der Waals surface area (Å²) in [6.07, 6.45) is -0.450. The van der Waals surface area contributed by atoms with E-state index in [1.807, 2.05) is 18.2 Å². The van der Waals surface area contributed by atoms with Crippen LogP contribution in [0.3, 0.4) is 0 Å². The first-order valence-corrected chi connectivity index (χ1v) is 8.51. The van der Waals surface area contributed by atoms with Crippen molar-refractivity contribution in [3.63, 3.8) is 0 Å². The van der Waals surface area contributed by atoms with Gasteiger partial charge in [-0.3, -0.25) is 4.79 Å². The highest BCUT2D eigenvalue weighted by Crippen LogP contribution is 2.33. The number of rotatable bonds is 2. The molecular weight excluding hydrogens is 430 g/mol.